The third kappa shape index (κ3) is 3.17. The van der Waals surface area contributed by atoms with E-state index in [1.165, 1.54) is 4.90 Å². The molecule has 0 unspecified atom stereocenters. The Morgan fingerprint density at radius 3 is 2.72 bits per heavy atom. The number of hydrogen-bond donors (Lipinski definition) is 0. The number of para-hydroxylation sites is 1. The lowest BCUT2D eigenvalue weighted by molar-refractivity contribution is -0.0212. The van der Waals surface area contributed by atoms with Crippen molar-refractivity contribution in [1.29, 1.82) is 0 Å². The van der Waals surface area contributed by atoms with E-state index in [4.69, 9.17) is 19.0 Å². The number of rotatable bonds is 5. The van der Waals surface area contributed by atoms with E-state index < -0.39 is 0 Å². The number of fused-ring (bicyclic) bond motifs is 3. The zero-order valence-corrected chi connectivity index (χ0v) is 17.2. The molecule has 2 aliphatic heterocycles. The second kappa shape index (κ2) is 7.52. The standard InChI is InChI=1S/C23H22N2O3S/c1-3-26-21-7-4-6-17-19-14-18(20-8-5-13-27-20)24-25(19)23(28-22(17)21)15-9-11-16(29-2)12-10-15/h4-13,19,23H,3,14H2,1-2H3/t19-,23-/m1/s1. The molecule has 0 fully saturated rings. The van der Waals surface area contributed by atoms with Gasteiger partial charge in [0.15, 0.2) is 11.5 Å². The van der Waals surface area contributed by atoms with Crippen molar-refractivity contribution in [2.24, 2.45) is 5.10 Å². The number of hydrazone groups is 1. The van der Waals surface area contributed by atoms with Gasteiger partial charge in [-0.05, 0) is 43.5 Å². The second-order valence-electron chi connectivity index (χ2n) is 6.97. The van der Waals surface area contributed by atoms with Crippen molar-refractivity contribution in [3.8, 4) is 11.5 Å². The summed E-state index contributed by atoms with van der Waals surface area (Å²) in [5.41, 5.74) is 3.09. The average molecular weight is 407 g/mol. The van der Waals surface area contributed by atoms with Crippen LogP contribution in [0.5, 0.6) is 11.5 Å². The summed E-state index contributed by atoms with van der Waals surface area (Å²) in [7, 11) is 0. The summed E-state index contributed by atoms with van der Waals surface area (Å²) < 4.78 is 18.0. The second-order valence-corrected chi connectivity index (χ2v) is 7.85. The van der Waals surface area contributed by atoms with Crippen LogP contribution in [0.25, 0.3) is 0 Å². The maximum Gasteiger partial charge on any atom is 0.214 e. The minimum absolute atomic E-state index is 0.0736. The van der Waals surface area contributed by atoms with Crippen molar-refractivity contribution in [3.63, 3.8) is 0 Å². The fourth-order valence-corrected chi connectivity index (χ4v) is 4.34. The van der Waals surface area contributed by atoms with Crippen LogP contribution in [-0.4, -0.2) is 23.6 Å². The van der Waals surface area contributed by atoms with Crippen LogP contribution >= 0.6 is 11.8 Å². The zero-order chi connectivity index (χ0) is 19.8. The van der Waals surface area contributed by atoms with Gasteiger partial charge in [-0.15, -0.1) is 11.8 Å². The number of furan rings is 1. The Morgan fingerprint density at radius 1 is 1.14 bits per heavy atom. The molecule has 6 heteroatoms. The molecular weight excluding hydrogens is 384 g/mol. The van der Waals surface area contributed by atoms with Crippen molar-refractivity contribution in [2.45, 2.75) is 30.5 Å². The van der Waals surface area contributed by atoms with E-state index in [2.05, 4.69) is 41.6 Å². The van der Waals surface area contributed by atoms with Crippen molar-refractivity contribution >= 4 is 17.5 Å². The molecule has 2 aliphatic rings. The van der Waals surface area contributed by atoms with E-state index in [1.54, 1.807) is 18.0 Å². The highest BCUT2D eigenvalue weighted by atomic mass is 32.2. The molecule has 0 saturated heterocycles. The Hall–Kier alpha value is -2.86. The molecule has 1 aromatic heterocycles. The van der Waals surface area contributed by atoms with Gasteiger partial charge in [0.1, 0.15) is 11.5 Å². The van der Waals surface area contributed by atoms with Crippen LogP contribution in [0.15, 0.2) is 75.3 Å². The zero-order valence-electron chi connectivity index (χ0n) is 16.4. The highest BCUT2D eigenvalue weighted by Gasteiger charge is 2.42. The molecule has 0 amide bonds. The van der Waals surface area contributed by atoms with Gasteiger partial charge in [0, 0.05) is 22.4 Å². The number of benzene rings is 2. The molecule has 148 valence electrons. The minimum Gasteiger partial charge on any atom is -0.490 e. The van der Waals surface area contributed by atoms with E-state index in [0.29, 0.717) is 6.61 Å². The molecule has 3 heterocycles. The fourth-order valence-electron chi connectivity index (χ4n) is 3.93. The van der Waals surface area contributed by atoms with Crippen LogP contribution in [0, 0.1) is 0 Å². The minimum atomic E-state index is -0.322. The predicted octanol–water partition coefficient (Wildman–Crippen LogP) is 5.64. The van der Waals surface area contributed by atoms with Crippen LogP contribution in [0.1, 0.15) is 42.5 Å². The number of ether oxygens (including phenoxy) is 2. The molecule has 3 aromatic rings. The molecule has 0 N–H and O–H groups in total. The Labute approximate surface area is 174 Å². The van der Waals surface area contributed by atoms with Crippen LogP contribution < -0.4 is 9.47 Å². The Bertz CT molecular complexity index is 1030. The smallest absolute Gasteiger partial charge is 0.214 e. The topological polar surface area (TPSA) is 47.2 Å². The summed E-state index contributed by atoms with van der Waals surface area (Å²) in [5, 5.41) is 6.97. The third-order valence-electron chi connectivity index (χ3n) is 5.29. The first-order valence-corrected chi connectivity index (χ1v) is 11.0. The summed E-state index contributed by atoms with van der Waals surface area (Å²) in [6.45, 7) is 2.58. The summed E-state index contributed by atoms with van der Waals surface area (Å²) in [5.74, 6) is 2.39. The van der Waals surface area contributed by atoms with Crippen molar-refractivity contribution in [1.82, 2.24) is 5.01 Å². The van der Waals surface area contributed by atoms with Gasteiger partial charge >= 0.3 is 0 Å². The van der Waals surface area contributed by atoms with Crippen LogP contribution in [0.4, 0.5) is 0 Å². The molecule has 0 radical (unpaired) electrons. The van der Waals surface area contributed by atoms with Gasteiger partial charge in [-0.25, -0.2) is 5.01 Å². The van der Waals surface area contributed by atoms with Crippen molar-refractivity contribution < 1.29 is 13.9 Å². The van der Waals surface area contributed by atoms with Crippen molar-refractivity contribution in [3.05, 3.63) is 77.7 Å². The molecule has 5 nitrogen and oxygen atoms in total. The molecule has 0 aliphatic carbocycles. The first-order chi connectivity index (χ1) is 14.3. The average Bonchev–Trinajstić information content (AvgIpc) is 3.44. The van der Waals surface area contributed by atoms with Crippen LogP contribution in [-0.2, 0) is 0 Å². The molecule has 0 bridgehead atoms. The van der Waals surface area contributed by atoms with E-state index >= 15 is 0 Å². The lowest BCUT2D eigenvalue weighted by Gasteiger charge is -2.38. The monoisotopic (exact) mass is 406 g/mol. The normalized spacial score (nSPS) is 19.9. The Kier molecular flexibility index (Phi) is 4.72. The van der Waals surface area contributed by atoms with Gasteiger partial charge in [-0.1, -0.05) is 24.3 Å². The largest absolute Gasteiger partial charge is 0.490 e. The molecule has 29 heavy (non-hydrogen) atoms. The van der Waals surface area contributed by atoms with Gasteiger partial charge in [-0.3, -0.25) is 0 Å². The molecule has 5 rings (SSSR count). The van der Waals surface area contributed by atoms with Gasteiger partial charge in [0.2, 0.25) is 6.23 Å². The van der Waals surface area contributed by atoms with Crippen LogP contribution in [0.2, 0.25) is 0 Å². The van der Waals surface area contributed by atoms with E-state index in [-0.39, 0.29) is 12.3 Å². The maximum absolute atomic E-state index is 6.51. The van der Waals surface area contributed by atoms with E-state index in [0.717, 1.165) is 40.5 Å². The highest BCUT2D eigenvalue weighted by Crippen LogP contribution is 2.50. The lowest BCUT2D eigenvalue weighted by atomic mass is 9.97. The first kappa shape index (κ1) is 18.2. The van der Waals surface area contributed by atoms with Gasteiger partial charge in [0.25, 0.3) is 0 Å². The molecular formula is C23H22N2O3S. The van der Waals surface area contributed by atoms with Gasteiger partial charge < -0.3 is 13.9 Å². The molecule has 2 atom stereocenters. The predicted molar refractivity (Wildman–Crippen MR) is 114 cm³/mol. The Balaban J connectivity index is 1.60. The van der Waals surface area contributed by atoms with Crippen molar-refractivity contribution in [2.75, 3.05) is 12.9 Å². The maximum atomic E-state index is 6.51. The Morgan fingerprint density at radius 2 is 2.00 bits per heavy atom. The quantitative estimate of drug-likeness (QED) is 0.513. The van der Waals surface area contributed by atoms with Crippen LogP contribution in [0.3, 0.4) is 0 Å². The lowest BCUT2D eigenvalue weighted by Crippen LogP contribution is -2.33. The molecule has 2 aromatic carbocycles. The number of nitrogens with zero attached hydrogens (tertiary/aromatic N) is 2. The van der Waals surface area contributed by atoms with E-state index in [9.17, 15) is 0 Å². The summed E-state index contributed by atoms with van der Waals surface area (Å²) in [6.07, 6.45) is 4.20. The number of hydrogen-bond acceptors (Lipinski definition) is 6. The molecule has 0 spiro atoms. The summed E-state index contributed by atoms with van der Waals surface area (Å²) in [4.78, 5) is 1.22. The number of thioether (sulfide) groups is 1. The molecule has 0 saturated carbocycles. The fraction of sp³-hybridized carbons (Fsp3) is 0.261. The first-order valence-electron chi connectivity index (χ1n) is 9.74. The summed E-state index contributed by atoms with van der Waals surface area (Å²) >= 11 is 1.73. The van der Waals surface area contributed by atoms with E-state index in [1.807, 2.05) is 31.2 Å². The highest BCUT2D eigenvalue weighted by molar-refractivity contribution is 7.98. The van der Waals surface area contributed by atoms with Gasteiger partial charge in [0.05, 0.1) is 18.9 Å². The summed E-state index contributed by atoms with van der Waals surface area (Å²) in [6, 6.07) is 18.5. The van der Waals surface area contributed by atoms with Gasteiger partial charge in [-0.2, -0.15) is 5.10 Å². The SMILES string of the molecule is CCOc1cccc2c1O[C@H](c1ccc(SC)cc1)N1N=C(c3ccco3)C[C@H]21. The third-order valence-corrected chi connectivity index (χ3v) is 6.03.